The quantitative estimate of drug-likeness (QED) is 0.511. The van der Waals surface area contributed by atoms with Crippen LogP contribution in [0.5, 0.6) is 0 Å². The van der Waals surface area contributed by atoms with E-state index in [9.17, 15) is 9.59 Å². The molecule has 0 saturated heterocycles. The van der Waals surface area contributed by atoms with Crippen LogP contribution < -0.4 is 11.1 Å². The predicted molar refractivity (Wildman–Crippen MR) is 93.5 cm³/mol. The van der Waals surface area contributed by atoms with Crippen molar-refractivity contribution in [1.29, 1.82) is 0 Å². The Labute approximate surface area is 148 Å². The van der Waals surface area contributed by atoms with Gasteiger partial charge in [-0.05, 0) is 32.3 Å². The number of rotatable bonds is 8. The third kappa shape index (κ3) is 5.92. The van der Waals surface area contributed by atoms with E-state index in [1.807, 2.05) is 13.8 Å². The van der Waals surface area contributed by atoms with E-state index >= 15 is 0 Å². The van der Waals surface area contributed by atoms with Crippen LogP contribution in [0, 0.1) is 0 Å². The lowest BCUT2D eigenvalue weighted by molar-refractivity contribution is -0.139. The first-order valence-electron chi connectivity index (χ1n) is 8.32. The highest BCUT2D eigenvalue weighted by Gasteiger charge is 2.36. The molecule has 0 aromatic carbocycles. The third-order valence-corrected chi connectivity index (χ3v) is 4.08. The van der Waals surface area contributed by atoms with Crippen LogP contribution in [0.3, 0.4) is 0 Å². The molecule has 0 bridgehead atoms. The van der Waals surface area contributed by atoms with Gasteiger partial charge in [0, 0.05) is 23.2 Å². The standard InChI is InChI=1S/C17H27ClN2O4/c1-4-12(5-2)24-14-10-11(17(22)23-6-3)9-13(19)16(14)20-15(21)7-8-18/h7-8,10,12-14,16H,4-6,9,19H2,1-3H3,(H,20,21)/b8-7+/t13-,14+,16+/m0/s1. The summed E-state index contributed by atoms with van der Waals surface area (Å²) in [6.45, 7) is 6.10. The van der Waals surface area contributed by atoms with E-state index in [2.05, 4.69) is 5.32 Å². The number of amides is 1. The van der Waals surface area contributed by atoms with Gasteiger partial charge < -0.3 is 20.5 Å². The summed E-state index contributed by atoms with van der Waals surface area (Å²) in [7, 11) is 0. The molecule has 3 N–H and O–H groups in total. The normalized spacial score (nSPS) is 24.1. The van der Waals surface area contributed by atoms with Crippen LogP contribution >= 0.6 is 11.6 Å². The van der Waals surface area contributed by atoms with Crippen LogP contribution in [-0.2, 0) is 19.1 Å². The fourth-order valence-corrected chi connectivity index (χ4v) is 2.77. The molecule has 0 saturated carbocycles. The van der Waals surface area contributed by atoms with Crippen molar-refractivity contribution >= 4 is 23.5 Å². The molecule has 0 aromatic rings. The zero-order chi connectivity index (χ0) is 18.1. The monoisotopic (exact) mass is 358 g/mol. The van der Waals surface area contributed by atoms with Crippen LogP contribution in [0.2, 0.25) is 0 Å². The Morgan fingerprint density at radius 1 is 1.42 bits per heavy atom. The Morgan fingerprint density at radius 3 is 2.62 bits per heavy atom. The van der Waals surface area contributed by atoms with Crippen molar-refractivity contribution in [3.8, 4) is 0 Å². The van der Waals surface area contributed by atoms with Crippen LogP contribution in [0.1, 0.15) is 40.0 Å². The third-order valence-electron chi connectivity index (χ3n) is 3.96. The SMILES string of the molecule is CCOC(=O)C1=C[C@@H](OC(CC)CC)[C@H](NC(=O)/C=C/Cl)[C@@H](N)C1. The second-order valence-electron chi connectivity index (χ2n) is 5.65. The van der Waals surface area contributed by atoms with E-state index in [0.717, 1.165) is 18.4 Å². The van der Waals surface area contributed by atoms with Crippen molar-refractivity contribution in [3.63, 3.8) is 0 Å². The zero-order valence-corrected chi connectivity index (χ0v) is 15.2. The maximum Gasteiger partial charge on any atom is 0.333 e. The van der Waals surface area contributed by atoms with Crippen LogP contribution in [0.4, 0.5) is 0 Å². The van der Waals surface area contributed by atoms with Gasteiger partial charge in [0.25, 0.3) is 0 Å². The van der Waals surface area contributed by atoms with Crippen molar-refractivity contribution in [2.24, 2.45) is 5.73 Å². The molecule has 136 valence electrons. The Balaban J connectivity index is 3.02. The first-order chi connectivity index (χ1) is 11.5. The van der Waals surface area contributed by atoms with Crippen LogP contribution in [0.15, 0.2) is 23.3 Å². The molecule has 0 spiro atoms. The average Bonchev–Trinajstić information content (AvgIpc) is 2.55. The Hall–Kier alpha value is -1.37. The number of ether oxygens (including phenoxy) is 2. The number of halogens is 1. The van der Waals surface area contributed by atoms with E-state index in [-0.39, 0.29) is 12.0 Å². The van der Waals surface area contributed by atoms with E-state index in [1.54, 1.807) is 13.0 Å². The number of carbonyl (C=O) groups excluding carboxylic acids is 2. The fraction of sp³-hybridized carbons (Fsp3) is 0.647. The number of hydrogen-bond donors (Lipinski definition) is 2. The summed E-state index contributed by atoms with van der Waals surface area (Å²) in [6, 6.07) is -0.898. The van der Waals surface area contributed by atoms with Gasteiger partial charge in [-0.3, -0.25) is 4.79 Å². The van der Waals surface area contributed by atoms with Gasteiger partial charge in [-0.2, -0.15) is 0 Å². The highest BCUT2D eigenvalue weighted by atomic mass is 35.5. The van der Waals surface area contributed by atoms with Crippen molar-refractivity contribution in [2.45, 2.75) is 64.3 Å². The first kappa shape index (κ1) is 20.7. The van der Waals surface area contributed by atoms with E-state index in [0.29, 0.717) is 18.6 Å². The molecule has 0 aliphatic heterocycles. The summed E-state index contributed by atoms with van der Waals surface area (Å²) in [5.74, 6) is -0.742. The summed E-state index contributed by atoms with van der Waals surface area (Å²) >= 11 is 5.44. The minimum Gasteiger partial charge on any atom is -0.463 e. The largest absolute Gasteiger partial charge is 0.463 e. The molecule has 24 heavy (non-hydrogen) atoms. The second kappa shape index (κ2) is 10.5. The second-order valence-corrected chi connectivity index (χ2v) is 5.90. The summed E-state index contributed by atoms with van der Waals surface area (Å²) < 4.78 is 11.1. The molecule has 0 aromatic heterocycles. The molecule has 0 radical (unpaired) electrons. The Morgan fingerprint density at radius 2 is 2.08 bits per heavy atom. The number of nitrogens with two attached hydrogens (primary N) is 1. The molecule has 0 unspecified atom stereocenters. The van der Waals surface area contributed by atoms with Crippen molar-refractivity contribution < 1.29 is 19.1 Å². The van der Waals surface area contributed by atoms with Crippen molar-refractivity contribution in [2.75, 3.05) is 6.61 Å². The van der Waals surface area contributed by atoms with Gasteiger partial charge in [0.2, 0.25) is 5.91 Å². The summed E-state index contributed by atoms with van der Waals surface area (Å²) in [6.07, 6.45) is 4.42. The molecule has 0 heterocycles. The highest BCUT2D eigenvalue weighted by Crippen LogP contribution is 2.24. The van der Waals surface area contributed by atoms with Gasteiger partial charge in [-0.15, -0.1) is 0 Å². The molecule has 6 nitrogen and oxygen atoms in total. The molecular weight excluding hydrogens is 332 g/mol. The lowest BCUT2D eigenvalue weighted by atomic mass is 9.88. The minimum atomic E-state index is -0.495. The molecule has 1 rings (SSSR count). The Bertz CT molecular complexity index is 489. The summed E-state index contributed by atoms with van der Waals surface area (Å²) in [4.78, 5) is 23.9. The molecular formula is C17H27ClN2O4. The van der Waals surface area contributed by atoms with Gasteiger partial charge in [-0.1, -0.05) is 25.4 Å². The van der Waals surface area contributed by atoms with E-state index in [4.69, 9.17) is 26.8 Å². The van der Waals surface area contributed by atoms with Gasteiger partial charge in [0.05, 0.1) is 24.9 Å². The first-order valence-corrected chi connectivity index (χ1v) is 8.76. The lowest BCUT2D eigenvalue weighted by Crippen LogP contribution is -2.57. The molecule has 7 heteroatoms. The van der Waals surface area contributed by atoms with Gasteiger partial charge >= 0.3 is 5.97 Å². The van der Waals surface area contributed by atoms with Crippen LogP contribution in [-0.4, -0.2) is 42.8 Å². The number of esters is 1. The number of hydrogen-bond acceptors (Lipinski definition) is 5. The maximum atomic E-state index is 12.0. The molecule has 1 aliphatic rings. The average molecular weight is 359 g/mol. The molecule has 0 fully saturated rings. The van der Waals surface area contributed by atoms with Crippen molar-refractivity contribution in [3.05, 3.63) is 23.3 Å². The zero-order valence-electron chi connectivity index (χ0n) is 14.5. The van der Waals surface area contributed by atoms with E-state index in [1.165, 1.54) is 6.08 Å². The Kier molecular flexibility index (Phi) is 9.03. The maximum absolute atomic E-state index is 12.0. The van der Waals surface area contributed by atoms with Crippen LogP contribution in [0.25, 0.3) is 0 Å². The smallest absolute Gasteiger partial charge is 0.333 e. The van der Waals surface area contributed by atoms with Gasteiger partial charge in [0.1, 0.15) is 0 Å². The topological polar surface area (TPSA) is 90.6 Å². The highest BCUT2D eigenvalue weighted by molar-refractivity contribution is 6.26. The fourth-order valence-electron chi connectivity index (χ4n) is 2.66. The molecule has 1 aliphatic carbocycles. The van der Waals surface area contributed by atoms with Gasteiger partial charge in [0.15, 0.2) is 0 Å². The number of nitrogens with one attached hydrogen (secondary N) is 1. The molecule has 1 amide bonds. The van der Waals surface area contributed by atoms with Gasteiger partial charge in [-0.25, -0.2) is 4.79 Å². The summed E-state index contributed by atoms with van der Waals surface area (Å²) in [5.41, 5.74) is 7.82. The summed E-state index contributed by atoms with van der Waals surface area (Å²) in [5, 5.41) is 2.81. The molecule has 3 atom stereocenters. The predicted octanol–water partition coefficient (Wildman–Crippen LogP) is 2.02. The van der Waals surface area contributed by atoms with E-state index < -0.39 is 24.2 Å². The minimum absolute atomic E-state index is 0.0166. The van der Waals surface area contributed by atoms with Crippen molar-refractivity contribution in [1.82, 2.24) is 5.32 Å². The lowest BCUT2D eigenvalue weighted by Gasteiger charge is -2.36. The number of carbonyl (C=O) groups is 2.